The summed E-state index contributed by atoms with van der Waals surface area (Å²) in [6, 6.07) is 0. The van der Waals surface area contributed by atoms with Gasteiger partial charge in [-0.1, -0.05) is 12.8 Å². The molecule has 2 rings (SSSR count). The van der Waals surface area contributed by atoms with Gasteiger partial charge in [-0.3, -0.25) is 9.89 Å². The van der Waals surface area contributed by atoms with Gasteiger partial charge in [-0.05, 0) is 25.7 Å². The maximum atomic E-state index is 11.6. The molecule has 1 aliphatic rings. The summed E-state index contributed by atoms with van der Waals surface area (Å²) in [5, 5.41) is 9.75. The third-order valence-corrected chi connectivity index (χ3v) is 3.00. The average Bonchev–Trinajstić information content (AvgIpc) is 2.59. The van der Waals surface area contributed by atoms with Crippen molar-refractivity contribution in [2.45, 2.75) is 38.5 Å². The summed E-state index contributed by atoms with van der Waals surface area (Å²) in [6.07, 6.45) is 6.92. The molecule has 82 valence electrons. The standard InChI is InChI=1S/C11H17N3O/c1-12-11(15)10-8-6-4-2-3-5-7-9(8)13-14-10/h2-7H2,1H3,(H,12,15)(H,13,14). The highest BCUT2D eigenvalue weighted by Gasteiger charge is 2.18. The van der Waals surface area contributed by atoms with Crippen molar-refractivity contribution in [3.8, 4) is 0 Å². The first-order valence-corrected chi connectivity index (χ1v) is 5.61. The lowest BCUT2D eigenvalue weighted by atomic mass is 9.97. The molecule has 4 heteroatoms. The van der Waals surface area contributed by atoms with E-state index in [1.165, 1.54) is 19.3 Å². The van der Waals surface area contributed by atoms with E-state index in [0.29, 0.717) is 5.69 Å². The Labute approximate surface area is 89.5 Å². The highest BCUT2D eigenvalue weighted by Crippen LogP contribution is 2.20. The van der Waals surface area contributed by atoms with Gasteiger partial charge < -0.3 is 5.32 Å². The van der Waals surface area contributed by atoms with Gasteiger partial charge in [0.15, 0.2) is 5.69 Å². The van der Waals surface area contributed by atoms with Crippen molar-refractivity contribution in [1.82, 2.24) is 15.5 Å². The number of carbonyl (C=O) groups excluding carboxylic acids is 1. The molecule has 0 spiro atoms. The van der Waals surface area contributed by atoms with Crippen LogP contribution in [0.15, 0.2) is 0 Å². The number of nitrogens with zero attached hydrogens (tertiary/aromatic N) is 1. The quantitative estimate of drug-likeness (QED) is 0.732. The molecule has 4 nitrogen and oxygen atoms in total. The van der Waals surface area contributed by atoms with E-state index in [4.69, 9.17) is 0 Å². The maximum absolute atomic E-state index is 11.6. The molecule has 1 aromatic rings. The van der Waals surface area contributed by atoms with Crippen molar-refractivity contribution in [1.29, 1.82) is 0 Å². The highest BCUT2D eigenvalue weighted by atomic mass is 16.1. The van der Waals surface area contributed by atoms with Crippen molar-refractivity contribution < 1.29 is 4.79 Å². The van der Waals surface area contributed by atoms with Crippen LogP contribution in [0.4, 0.5) is 0 Å². The number of aryl methyl sites for hydroxylation is 1. The van der Waals surface area contributed by atoms with E-state index in [1.54, 1.807) is 7.05 Å². The molecule has 0 bridgehead atoms. The number of aromatic nitrogens is 2. The molecule has 1 heterocycles. The van der Waals surface area contributed by atoms with Gasteiger partial charge in [0.2, 0.25) is 0 Å². The lowest BCUT2D eigenvalue weighted by molar-refractivity contribution is 0.0957. The second-order valence-electron chi connectivity index (χ2n) is 4.02. The van der Waals surface area contributed by atoms with E-state index in [1.807, 2.05) is 0 Å². The number of carbonyl (C=O) groups is 1. The van der Waals surface area contributed by atoms with E-state index >= 15 is 0 Å². The second-order valence-corrected chi connectivity index (χ2v) is 4.02. The predicted octanol–water partition coefficient (Wildman–Crippen LogP) is 1.43. The van der Waals surface area contributed by atoms with Crippen LogP contribution in [-0.2, 0) is 12.8 Å². The average molecular weight is 207 g/mol. The minimum absolute atomic E-state index is 0.0759. The SMILES string of the molecule is CNC(=O)c1n[nH]c2c1CCCCCC2. The number of nitrogens with one attached hydrogen (secondary N) is 2. The third-order valence-electron chi connectivity index (χ3n) is 3.00. The first kappa shape index (κ1) is 10.2. The smallest absolute Gasteiger partial charge is 0.271 e. The molecule has 1 aliphatic carbocycles. The van der Waals surface area contributed by atoms with Crippen LogP contribution in [0.2, 0.25) is 0 Å². The van der Waals surface area contributed by atoms with E-state index in [0.717, 1.165) is 30.5 Å². The predicted molar refractivity (Wildman–Crippen MR) is 57.9 cm³/mol. The molecular formula is C11H17N3O. The van der Waals surface area contributed by atoms with Crippen LogP contribution in [0.25, 0.3) is 0 Å². The lowest BCUT2D eigenvalue weighted by Gasteiger charge is -2.09. The summed E-state index contributed by atoms with van der Waals surface area (Å²) in [6.45, 7) is 0. The third kappa shape index (κ3) is 2.03. The summed E-state index contributed by atoms with van der Waals surface area (Å²) in [5.41, 5.74) is 2.89. The van der Waals surface area contributed by atoms with Gasteiger partial charge in [-0.2, -0.15) is 5.10 Å². The molecule has 0 aromatic carbocycles. The van der Waals surface area contributed by atoms with Crippen molar-refractivity contribution in [2.75, 3.05) is 7.05 Å². The molecule has 0 radical (unpaired) electrons. The Kier molecular flexibility index (Phi) is 3.04. The zero-order valence-corrected chi connectivity index (χ0v) is 9.10. The zero-order chi connectivity index (χ0) is 10.7. The van der Waals surface area contributed by atoms with Crippen molar-refractivity contribution in [2.24, 2.45) is 0 Å². The van der Waals surface area contributed by atoms with Gasteiger partial charge in [0, 0.05) is 18.3 Å². The molecule has 15 heavy (non-hydrogen) atoms. The molecule has 0 saturated carbocycles. The fourth-order valence-corrected chi connectivity index (χ4v) is 2.14. The summed E-state index contributed by atoms with van der Waals surface area (Å²) >= 11 is 0. The summed E-state index contributed by atoms with van der Waals surface area (Å²) in [5.74, 6) is -0.0759. The van der Waals surface area contributed by atoms with Gasteiger partial charge in [0.05, 0.1) is 0 Å². The number of rotatable bonds is 1. The minimum atomic E-state index is -0.0759. The topological polar surface area (TPSA) is 57.8 Å². The molecule has 0 aliphatic heterocycles. The van der Waals surface area contributed by atoms with Crippen LogP contribution < -0.4 is 5.32 Å². The molecule has 1 amide bonds. The Bertz CT molecular complexity index is 357. The van der Waals surface area contributed by atoms with Gasteiger partial charge in [0.1, 0.15) is 0 Å². The molecule has 0 unspecified atom stereocenters. The highest BCUT2D eigenvalue weighted by molar-refractivity contribution is 5.93. The van der Waals surface area contributed by atoms with Crippen molar-refractivity contribution in [3.63, 3.8) is 0 Å². The Balaban J connectivity index is 2.29. The Morgan fingerprint density at radius 1 is 1.27 bits per heavy atom. The molecule has 2 N–H and O–H groups in total. The fraction of sp³-hybridized carbons (Fsp3) is 0.636. The number of fused-ring (bicyclic) bond motifs is 1. The summed E-state index contributed by atoms with van der Waals surface area (Å²) < 4.78 is 0. The van der Waals surface area contributed by atoms with Crippen molar-refractivity contribution >= 4 is 5.91 Å². The van der Waals surface area contributed by atoms with E-state index < -0.39 is 0 Å². The Morgan fingerprint density at radius 2 is 2.00 bits per heavy atom. The second kappa shape index (κ2) is 4.47. The molecule has 0 fully saturated rings. The number of aromatic amines is 1. The fourth-order valence-electron chi connectivity index (χ4n) is 2.14. The largest absolute Gasteiger partial charge is 0.354 e. The number of hydrogen-bond donors (Lipinski definition) is 2. The van der Waals surface area contributed by atoms with Crippen LogP contribution in [0.3, 0.4) is 0 Å². The van der Waals surface area contributed by atoms with Crippen LogP contribution in [0.1, 0.15) is 47.4 Å². The van der Waals surface area contributed by atoms with Gasteiger partial charge in [0.25, 0.3) is 5.91 Å². The number of amides is 1. The van der Waals surface area contributed by atoms with Crippen LogP contribution in [0.5, 0.6) is 0 Å². The zero-order valence-electron chi connectivity index (χ0n) is 9.10. The van der Waals surface area contributed by atoms with E-state index in [-0.39, 0.29) is 5.91 Å². The normalized spacial score (nSPS) is 16.3. The summed E-state index contributed by atoms with van der Waals surface area (Å²) in [4.78, 5) is 11.6. The Morgan fingerprint density at radius 3 is 2.73 bits per heavy atom. The van der Waals surface area contributed by atoms with Crippen LogP contribution in [-0.4, -0.2) is 23.2 Å². The monoisotopic (exact) mass is 207 g/mol. The molecule has 0 saturated heterocycles. The maximum Gasteiger partial charge on any atom is 0.271 e. The Hall–Kier alpha value is -1.32. The van der Waals surface area contributed by atoms with E-state index in [2.05, 4.69) is 15.5 Å². The van der Waals surface area contributed by atoms with Crippen molar-refractivity contribution in [3.05, 3.63) is 17.0 Å². The lowest BCUT2D eigenvalue weighted by Crippen LogP contribution is -2.20. The molecule has 1 aromatic heterocycles. The first-order chi connectivity index (χ1) is 7.33. The molecule has 0 atom stereocenters. The van der Waals surface area contributed by atoms with E-state index in [9.17, 15) is 4.79 Å². The van der Waals surface area contributed by atoms with Gasteiger partial charge in [-0.15, -0.1) is 0 Å². The van der Waals surface area contributed by atoms with Crippen LogP contribution in [0, 0.1) is 0 Å². The van der Waals surface area contributed by atoms with Crippen LogP contribution >= 0.6 is 0 Å². The number of hydrogen-bond acceptors (Lipinski definition) is 2. The van der Waals surface area contributed by atoms with Gasteiger partial charge >= 0.3 is 0 Å². The van der Waals surface area contributed by atoms with Gasteiger partial charge in [-0.25, -0.2) is 0 Å². The number of H-pyrrole nitrogens is 1. The first-order valence-electron chi connectivity index (χ1n) is 5.61. The summed E-state index contributed by atoms with van der Waals surface area (Å²) in [7, 11) is 1.65. The minimum Gasteiger partial charge on any atom is -0.354 e. The molecular weight excluding hydrogens is 190 g/mol.